The van der Waals surface area contributed by atoms with E-state index >= 15 is 0 Å². The van der Waals surface area contributed by atoms with Gasteiger partial charge >= 0.3 is 0 Å². The zero-order chi connectivity index (χ0) is 16.6. The molecule has 0 bridgehead atoms. The van der Waals surface area contributed by atoms with E-state index in [1.165, 1.54) is 6.92 Å². The first-order valence-electron chi connectivity index (χ1n) is 8.06. The van der Waals surface area contributed by atoms with Gasteiger partial charge in [0.1, 0.15) is 0 Å². The van der Waals surface area contributed by atoms with Crippen LogP contribution in [0, 0.1) is 5.92 Å². The van der Waals surface area contributed by atoms with Crippen LogP contribution < -0.4 is 15.4 Å². The molecular weight excluding hydrogens is 314 g/mol. The molecule has 3 rings (SSSR count). The van der Waals surface area contributed by atoms with Gasteiger partial charge in [-0.3, -0.25) is 4.79 Å². The zero-order valence-corrected chi connectivity index (χ0v) is 14.1. The average Bonchev–Trinajstić information content (AvgIpc) is 3.11. The molecule has 126 valence electrons. The van der Waals surface area contributed by atoms with E-state index in [4.69, 9.17) is 5.73 Å². The van der Waals surface area contributed by atoms with Crippen molar-refractivity contribution in [2.75, 3.05) is 18.0 Å². The Balaban J connectivity index is 1.86. The number of carbonyl (C=O) groups excluding carboxylic acids is 1. The third-order valence-corrected chi connectivity index (χ3v) is 6.40. The number of amides is 1. The molecule has 0 spiro atoms. The number of nitrogens with one attached hydrogen (secondary N) is 1. The summed E-state index contributed by atoms with van der Waals surface area (Å²) in [5.41, 5.74) is 7.45. The summed E-state index contributed by atoms with van der Waals surface area (Å²) in [5, 5.41) is 0. The van der Waals surface area contributed by atoms with Crippen LogP contribution in [0.25, 0.3) is 0 Å². The first-order chi connectivity index (χ1) is 10.9. The summed E-state index contributed by atoms with van der Waals surface area (Å²) >= 11 is 0. The van der Waals surface area contributed by atoms with Gasteiger partial charge in [0.15, 0.2) is 0 Å². The standard InChI is InChI=1S/C16H23N3O3S/c1-11(20)19-8-7-12-5-6-14(9-16(12)19)23(21,22)18-15-4-2-3-13(15)10-17/h5-6,9,13,15,18H,2-4,7-8,10,17H2,1H3/t13-,15-/m0/s1. The maximum Gasteiger partial charge on any atom is 0.240 e. The number of carbonyl (C=O) groups is 1. The summed E-state index contributed by atoms with van der Waals surface area (Å²) in [6.07, 6.45) is 3.55. The largest absolute Gasteiger partial charge is 0.330 e. The van der Waals surface area contributed by atoms with Crippen LogP contribution in [-0.2, 0) is 21.2 Å². The van der Waals surface area contributed by atoms with Crippen LogP contribution in [0.1, 0.15) is 31.7 Å². The van der Waals surface area contributed by atoms with Gasteiger partial charge in [0.25, 0.3) is 0 Å². The van der Waals surface area contributed by atoms with Gasteiger partial charge in [-0.1, -0.05) is 12.5 Å². The fraction of sp³-hybridized carbons (Fsp3) is 0.562. The minimum absolute atomic E-state index is 0.0646. The van der Waals surface area contributed by atoms with E-state index in [1.807, 2.05) is 6.07 Å². The molecular formula is C16H23N3O3S. The van der Waals surface area contributed by atoms with Gasteiger partial charge < -0.3 is 10.6 Å². The Labute approximate surface area is 137 Å². The average molecular weight is 337 g/mol. The minimum atomic E-state index is -3.60. The van der Waals surface area contributed by atoms with Crippen LogP contribution >= 0.6 is 0 Å². The Bertz CT molecular complexity index is 717. The molecule has 0 aromatic heterocycles. The number of fused-ring (bicyclic) bond motifs is 1. The van der Waals surface area contributed by atoms with Crippen molar-refractivity contribution in [2.45, 2.75) is 43.5 Å². The van der Waals surface area contributed by atoms with Crippen molar-refractivity contribution in [3.8, 4) is 0 Å². The molecule has 0 unspecified atom stereocenters. The van der Waals surface area contributed by atoms with Crippen molar-refractivity contribution in [2.24, 2.45) is 11.7 Å². The lowest BCUT2D eigenvalue weighted by molar-refractivity contribution is -0.116. The number of benzene rings is 1. The molecule has 1 heterocycles. The van der Waals surface area contributed by atoms with Crippen molar-refractivity contribution < 1.29 is 13.2 Å². The number of rotatable bonds is 4. The highest BCUT2D eigenvalue weighted by atomic mass is 32.2. The van der Waals surface area contributed by atoms with Gasteiger partial charge in [-0.25, -0.2) is 13.1 Å². The van der Waals surface area contributed by atoms with Crippen LogP contribution in [0.3, 0.4) is 0 Å². The van der Waals surface area contributed by atoms with Crippen molar-refractivity contribution in [1.82, 2.24) is 4.72 Å². The van der Waals surface area contributed by atoms with E-state index in [9.17, 15) is 13.2 Å². The summed E-state index contributed by atoms with van der Waals surface area (Å²) in [7, 11) is -3.60. The van der Waals surface area contributed by atoms with E-state index < -0.39 is 10.0 Å². The predicted molar refractivity (Wildman–Crippen MR) is 88.7 cm³/mol. The first kappa shape index (κ1) is 16.4. The summed E-state index contributed by atoms with van der Waals surface area (Å²) < 4.78 is 28.1. The van der Waals surface area contributed by atoms with Crippen molar-refractivity contribution in [1.29, 1.82) is 0 Å². The van der Waals surface area contributed by atoms with Gasteiger partial charge in [-0.05, 0) is 49.4 Å². The molecule has 1 amide bonds. The van der Waals surface area contributed by atoms with Gasteiger partial charge in [0.2, 0.25) is 15.9 Å². The van der Waals surface area contributed by atoms with Gasteiger partial charge in [0, 0.05) is 25.2 Å². The lowest BCUT2D eigenvalue weighted by atomic mass is 10.1. The second-order valence-corrected chi connectivity index (χ2v) is 8.08. The highest BCUT2D eigenvalue weighted by Crippen LogP contribution is 2.31. The quantitative estimate of drug-likeness (QED) is 0.857. The van der Waals surface area contributed by atoms with Gasteiger partial charge in [-0.2, -0.15) is 0 Å². The van der Waals surface area contributed by atoms with Gasteiger partial charge in [-0.15, -0.1) is 0 Å². The van der Waals surface area contributed by atoms with Crippen LogP contribution in [-0.4, -0.2) is 33.5 Å². The molecule has 0 saturated heterocycles. The Morgan fingerprint density at radius 3 is 2.87 bits per heavy atom. The molecule has 7 heteroatoms. The molecule has 0 radical (unpaired) electrons. The summed E-state index contributed by atoms with van der Waals surface area (Å²) in [5.74, 6) is 0.137. The Kier molecular flexibility index (Phi) is 4.44. The molecule has 1 aliphatic carbocycles. The van der Waals surface area contributed by atoms with E-state index in [0.29, 0.717) is 18.8 Å². The maximum atomic E-state index is 12.7. The molecule has 1 aromatic rings. The molecule has 1 fully saturated rings. The first-order valence-corrected chi connectivity index (χ1v) is 9.54. The monoisotopic (exact) mass is 337 g/mol. The fourth-order valence-corrected chi connectivity index (χ4v) is 4.95. The van der Waals surface area contributed by atoms with Crippen molar-refractivity contribution in [3.63, 3.8) is 0 Å². The molecule has 2 aliphatic rings. The predicted octanol–water partition coefficient (Wildman–Crippen LogP) is 1.00. The Morgan fingerprint density at radius 2 is 2.17 bits per heavy atom. The molecule has 23 heavy (non-hydrogen) atoms. The number of sulfonamides is 1. The summed E-state index contributed by atoms with van der Waals surface area (Å²) in [6, 6.07) is 4.94. The zero-order valence-electron chi connectivity index (χ0n) is 13.3. The number of hydrogen-bond donors (Lipinski definition) is 2. The third-order valence-electron chi connectivity index (χ3n) is 4.91. The van der Waals surface area contributed by atoms with Crippen LogP contribution in [0.5, 0.6) is 0 Å². The smallest absolute Gasteiger partial charge is 0.240 e. The summed E-state index contributed by atoms with van der Waals surface area (Å²) in [4.78, 5) is 13.5. The maximum absolute atomic E-state index is 12.7. The lowest BCUT2D eigenvalue weighted by Gasteiger charge is -2.20. The molecule has 2 atom stereocenters. The van der Waals surface area contributed by atoms with E-state index in [2.05, 4.69) is 4.72 Å². The van der Waals surface area contributed by atoms with Crippen LogP contribution in [0.15, 0.2) is 23.1 Å². The van der Waals surface area contributed by atoms with Crippen molar-refractivity contribution >= 4 is 21.6 Å². The second kappa shape index (κ2) is 6.22. The molecule has 1 aliphatic heterocycles. The van der Waals surface area contributed by atoms with Crippen molar-refractivity contribution in [3.05, 3.63) is 23.8 Å². The van der Waals surface area contributed by atoms with E-state index in [1.54, 1.807) is 17.0 Å². The van der Waals surface area contributed by atoms with Gasteiger partial charge in [0.05, 0.1) is 4.90 Å². The SMILES string of the molecule is CC(=O)N1CCc2ccc(S(=O)(=O)N[C@H]3CCC[C@H]3CN)cc21. The topological polar surface area (TPSA) is 92.5 Å². The van der Waals surface area contributed by atoms with E-state index in [0.717, 1.165) is 31.2 Å². The third kappa shape index (κ3) is 3.13. The lowest BCUT2D eigenvalue weighted by Crippen LogP contribution is -2.39. The number of anilines is 1. The second-order valence-electron chi connectivity index (χ2n) is 6.37. The van der Waals surface area contributed by atoms with Crippen LogP contribution in [0.2, 0.25) is 0 Å². The van der Waals surface area contributed by atoms with E-state index in [-0.39, 0.29) is 22.8 Å². The number of nitrogens with two attached hydrogens (primary N) is 1. The molecule has 1 aromatic carbocycles. The Hall–Kier alpha value is -1.44. The highest BCUT2D eigenvalue weighted by molar-refractivity contribution is 7.89. The Morgan fingerprint density at radius 1 is 1.39 bits per heavy atom. The minimum Gasteiger partial charge on any atom is -0.330 e. The fourth-order valence-electron chi connectivity index (χ4n) is 3.59. The molecule has 1 saturated carbocycles. The number of nitrogens with zero attached hydrogens (tertiary/aromatic N) is 1. The molecule has 6 nitrogen and oxygen atoms in total. The highest BCUT2D eigenvalue weighted by Gasteiger charge is 2.31. The molecule has 3 N–H and O–H groups in total. The summed E-state index contributed by atoms with van der Waals surface area (Å²) in [6.45, 7) is 2.61. The normalized spacial score (nSPS) is 24.0. The number of hydrogen-bond acceptors (Lipinski definition) is 4. The van der Waals surface area contributed by atoms with Crippen LogP contribution in [0.4, 0.5) is 5.69 Å².